The Labute approximate surface area is 212 Å². The lowest BCUT2D eigenvalue weighted by atomic mass is 10.1. The molecule has 13 heteroatoms. The first-order valence-corrected chi connectivity index (χ1v) is 12.2. The van der Waals surface area contributed by atoms with Gasteiger partial charge in [0.1, 0.15) is 11.9 Å². The van der Waals surface area contributed by atoms with E-state index in [0.29, 0.717) is 5.82 Å². The SMILES string of the molecule is [2H]C[C@H]1O[C@@H](N2C=CC(=O)NC2=C)[C@@H](OC(=S)N(C)OC)C1OP(OC)N(C(C)C)C(C)C.[3H]OC. The van der Waals surface area contributed by atoms with Crippen molar-refractivity contribution in [2.45, 2.75) is 71.2 Å². The first kappa shape index (κ1) is 27.2. The second-order valence-electron chi connectivity index (χ2n) is 7.81. The van der Waals surface area contributed by atoms with Crippen molar-refractivity contribution >= 4 is 31.8 Å². The van der Waals surface area contributed by atoms with Crippen molar-refractivity contribution in [3.05, 3.63) is 24.7 Å². The number of carbonyl (C=O) groups excluding carboxylic acids is 1. The molecule has 0 aromatic rings. The highest BCUT2D eigenvalue weighted by atomic mass is 32.1. The third-order valence-corrected chi connectivity index (χ3v) is 7.30. The van der Waals surface area contributed by atoms with Gasteiger partial charge >= 0.3 is 0 Å². The van der Waals surface area contributed by atoms with Gasteiger partial charge in [-0.3, -0.25) is 9.63 Å². The maximum atomic E-state index is 11.7. The fourth-order valence-corrected chi connectivity index (χ4v) is 5.23. The van der Waals surface area contributed by atoms with Gasteiger partial charge in [-0.05, 0) is 46.8 Å². The van der Waals surface area contributed by atoms with Crippen LogP contribution < -0.4 is 5.32 Å². The second-order valence-corrected chi connectivity index (χ2v) is 9.67. The van der Waals surface area contributed by atoms with Crippen LogP contribution in [0.3, 0.4) is 0 Å². The van der Waals surface area contributed by atoms with E-state index in [0.717, 1.165) is 0 Å². The Morgan fingerprint density at radius 1 is 1.41 bits per heavy atom. The summed E-state index contributed by atoms with van der Waals surface area (Å²) in [7, 11) is 4.48. The summed E-state index contributed by atoms with van der Waals surface area (Å²) in [4.78, 5) is 18.5. The van der Waals surface area contributed by atoms with Crippen molar-refractivity contribution in [3.63, 3.8) is 0 Å². The number of rotatable bonds is 9. The van der Waals surface area contributed by atoms with E-state index in [1.54, 1.807) is 25.3 Å². The lowest BCUT2D eigenvalue weighted by molar-refractivity contribution is -0.118. The van der Waals surface area contributed by atoms with Gasteiger partial charge < -0.3 is 33.8 Å². The summed E-state index contributed by atoms with van der Waals surface area (Å²) in [6, 6.07) is 0.312. The van der Waals surface area contributed by atoms with Crippen molar-refractivity contribution in [1.82, 2.24) is 20.0 Å². The van der Waals surface area contributed by atoms with Crippen molar-refractivity contribution in [2.24, 2.45) is 0 Å². The number of thiocarbonyl (C=S) groups is 1. The Balaban J connectivity index is 0.00000205. The molecule has 2 aliphatic rings. The monoisotopic (exact) mass is 525 g/mol. The molecular weight excluding hydrogens is 483 g/mol. The molecule has 1 saturated heterocycles. The normalized spacial score (nSPS) is 26.1. The molecule has 0 aromatic heterocycles. The van der Waals surface area contributed by atoms with Gasteiger partial charge in [-0.1, -0.05) is 6.58 Å². The number of aliphatic hydroxyl groups is 1. The summed E-state index contributed by atoms with van der Waals surface area (Å²) in [5.74, 6) is 0.0232. The predicted octanol–water partition coefficient (Wildman–Crippen LogP) is 2.30. The topological polar surface area (TPSA) is 105 Å². The fraction of sp³-hybridized carbons (Fsp3) is 0.714. The summed E-state index contributed by atoms with van der Waals surface area (Å²) in [6.07, 6.45) is 0.0418. The first-order valence-electron chi connectivity index (χ1n) is 11.8. The van der Waals surface area contributed by atoms with Crippen LogP contribution in [0.1, 0.15) is 36.0 Å². The highest BCUT2D eigenvalue weighted by molar-refractivity contribution is 7.79. The molecule has 0 radical (unpaired) electrons. The maximum absolute atomic E-state index is 11.7. The maximum Gasteiger partial charge on any atom is 0.284 e. The van der Waals surface area contributed by atoms with E-state index in [9.17, 15) is 4.79 Å². The Morgan fingerprint density at radius 2 is 2.03 bits per heavy atom. The number of hydrogen-bond donors (Lipinski definition) is 2. The predicted molar refractivity (Wildman–Crippen MR) is 134 cm³/mol. The molecule has 0 bridgehead atoms. The molecule has 196 valence electrons. The van der Waals surface area contributed by atoms with Crippen LogP contribution in [-0.2, 0) is 28.2 Å². The highest BCUT2D eigenvalue weighted by Gasteiger charge is 2.51. The zero-order valence-corrected chi connectivity index (χ0v) is 22.8. The van der Waals surface area contributed by atoms with Crippen molar-refractivity contribution < 1.29 is 34.6 Å². The molecule has 0 aromatic carbocycles. The van der Waals surface area contributed by atoms with Crippen LogP contribution in [0.2, 0.25) is 0 Å². The molecule has 34 heavy (non-hydrogen) atoms. The van der Waals surface area contributed by atoms with Gasteiger partial charge in [0.15, 0.2) is 12.3 Å². The van der Waals surface area contributed by atoms with Crippen LogP contribution >= 0.6 is 20.7 Å². The summed E-state index contributed by atoms with van der Waals surface area (Å²) < 4.78 is 40.4. The number of ether oxygens (including phenoxy) is 2. The summed E-state index contributed by atoms with van der Waals surface area (Å²) in [5, 5.41) is 7.51. The van der Waals surface area contributed by atoms with Crippen LogP contribution in [0, 0.1) is 0 Å². The van der Waals surface area contributed by atoms with Crippen LogP contribution in [-0.4, -0.2) is 97.3 Å². The molecule has 2 unspecified atom stereocenters. The van der Waals surface area contributed by atoms with E-state index in [1.807, 2.05) is 0 Å². The Morgan fingerprint density at radius 3 is 2.50 bits per heavy atom. The molecule has 1 fully saturated rings. The van der Waals surface area contributed by atoms with E-state index < -0.39 is 33.1 Å². The molecule has 2 N–H and O–H groups in total. The largest absolute Gasteiger partial charge is 0.458 e. The van der Waals surface area contributed by atoms with Crippen LogP contribution in [0.4, 0.5) is 0 Å². The van der Waals surface area contributed by atoms with Crippen LogP contribution in [0.15, 0.2) is 24.7 Å². The number of amides is 1. The molecular formula is C21H39N4O7PS. The lowest BCUT2D eigenvalue weighted by Gasteiger charge is -2.38. The molecule has 0 spiro atoms. The summed E-state index contributed by atoms with van der Waals surface area (Å²) >= 11 is 5.38. The van der Waals surface area contributed by atoms with Gasteiger partial charge in [-0.2, -0.15) is 0 Å². The van der Waals surface area contributed by atoms with Crippen molar-refractivity contribution in [3.8, 4) is 0 Å². The Hall–Kier alpha value is -1.37. The van der Waals surface area contributed by atoms with Gasteiger partial charge in [-0.25, -0.2) is 9.73 Å². The number of carbonyl (C=O) groups is 1. The minimum absolute atomic E-state index is 0.0669. The van der Waals surface area contributed by atoms with Gasteiger partial charge in [0.25, 0.3) is 19.6 Å². The molecule has 11 nitrogen and oxygen atoms in total. The van der Waals surface area contributed by atoms with E-state index in [1.165, 1.54) is 25.4 Å². The summed E-state index contributed by atoms with van der Waals surface area (Å²) in [5.41, 5.74) is 0. The molecule has 2 aliphatic heterocycles. The number of hydroxylamine groups is 2. The Kier molecular flexibility index (Phi) is 11.4. The lowest BCUT2D eigenvalue weighted by Crippen LogP contribution is -2.49. The van der Waals surface area contributed by atoms with E-state index in [4.69, 9.17) is 38.4 Å². The molecule has 1 amide bonds. The van der Waals surface area contributed by atoms with Crippen LogP contribution in [0.25, 0.3) is 0 Å². The highest BCUT2D eigenvalue weighted by Crippen LogP contribution is 2.49. The van der Waals surface area contributed by atoms with E-state index >= 15 is 0 Å². The first-order chi connectivity index (χ1) is 17.0. The Bertz CT molecular complexity index is 760. The number of nitrogens with zero attached hydrogens (tertiary/aromatic N) is 3. The zero-order valence-electron chi connectivity index (χ0n) is 23.1. The molecule has 2 rings (SSSR count). The third kappa shape index (κ3) is 7.56. The number of nitrogens with one attached hydrogen (secondary N) is 1. The van der Waals surface area contributed by atoms with Crippen LogP contribution in [0.5, 0.6) is 0 Å². The van der Waals surface area contributed by atoms with Gasteiger partial charge in [0.2, 0.25) is 1.43 Å². The average Bonchev–Trinajstić information content (AvgIpc) is 3.14. The van der Waals surface area contributed by atoms with Gasteiger partial charge in [0, 0.05) is 47.0 Å². The van der Waals surface area contributed by atoms with E-state index in [-0.39, 0.29) is 30.1 Å². The third-order valence-electron chi connectivity index (χ3n) is 4.91. The molecule has 2 heterocycles. The van der Waals surface area contributed by atoms with E-state index in [2.05, 4.69) is 49.4 Å². The fourth-order valence-electron chi connectivity index (χ4n) is 3.44. The van der Waals surface area contributed by atoms with Gasteiger partial charge in [-0.15, -0.1) is 0 Å². The minimum Gasteiger partial charge on any atom is -0.458 e. The minimum atomic E-state index is -1.50. The molecule has 0 saturated carbocycles. The number of aliphatic hydroxyl groups excluding tert-OH is 1. The van der Waals surface area contributed by atoms with Gasteiger partial charge in [0.05, 0.1) is 13.2 Å². The van der Waals surface area contributed by atoms with Crippen molar-refractivity contribution in [2.75, 3.05) is 28.4 Å². The molecule has 0 aliphatic carbocycles. The second kappa shape index (κ2) is 14.3. The number of hydrogen-bond acceptors (Lipinski definition) is 10. The smallest absolute Gasteiger partial charge is 0.284 e. The summed E-state index contributed by atoms with van der Waals surface area (Å²) in [6.45, 7) is 12.1. The quantitative estimate of drug-likeness (QED) is 0.263. The zero-order chi connectivity index (χ0) is 27.6. The van der Waals surface area contributed by atoms with Crippen molar-refractivity contribution in [1.29, 1.82) is 1.43 Å². The molecule has 5 atom stereocenters. The average molecular weight is 526 g/mol. The standard InChI is InChI=1S/C20H35N4O6PS.CH4O/c1-12(2)24(13(3)4)31(27-9)30-17-14(5)28-19(18(17)29-20(32)22(7)26-8)23-11-10-16(25)21-15(23)6;1-2/h10-14,17-19H,6H2,1-5,7-9H3,(H,21,25);2H,1H3/t14-,17?,18+,19-,31?;/m1./s1/i5D;2T.